The summed E-state index contributed by atoms with van der Waals surface area (Å²) in [7, 11) is 1.53. The number of unbranched alkanes of at least 4 members (excludes halogenated alkanes) is 3. The number of ether oxygens (including phenoxy) is 1. The average molecular weight is 493 g/mol. The van der Waals surface area contributed by atoms with Crippen molar-refractivity contribution in [1.82, 2.24) is 15.5 Å². The number of hydrogen-bond acceptors (Lipinski definition) is 6. The average Bonchev–Trinajstić information content (AvgIpc) is 3.35. The Morgan fingerprint density at radius 2 is 2.03 bits per heavy atom. The standard InChI is InChI=1S/C25H37ClN4O2S/c1-32-24-16-23(27)22(26)15-21(24)25(31)29-17-19-8-12-30(13-9-19)11-5-3-2-4-10-28-18-20-7-6-14-33-20/h6-7,14-16,19,28H,2-5,8-13,17-18,27H2,1H3,(H,29,31). The van der Waals surface area contributed by atoms with Crippen molar-refractivity contribution in [2.45, 2.75) is 45.1 Å². The van der Waals surface area contributed by atoms with Gasteiger partial charge in [-0.25, -0.2) is 0 Å². The number of carbonyl (C=O) groups excluding carboxylic acids is 1. The van der Waals surface area contributed by atoms with Gasteiger partial charge in [-0.1, -0.05) is 30.5 Å². The summed E-state index contributed by atoms with van der Waals surface area (Å²) in [6.07, 6.45) is 7.33. The fourth-order valence-corrected chi connectivity index (χ4v) is 5.06. The second-order valence-electron chi connectivity index (χ2n) is 8.74. The van der Waals surface area contributed by atoms with Crippen LogP contribution in [-0.2, 0) is 6.54 Å². The Kier molecular flexibility index (Phi) is 10.8. The monoisotopic (exact) mass is 492 g/mol. The topological polar surface area (TPSA) is 79.6 Å². The number of nitrogens with two attached hydrogens (primary N) is 1. The third-order valence-electron chi connectivity index (χ3n) is 6.28. The molecule has 182 valence electrons. The van der Waals surface area contributed by atoms with Crippen LogP contribution < -0.4 is 21.1 Å². The van der Waals surface area contributed by atoms with Crippen molar-refractivity contribution in [2.75, 3.05) is 45.6 Å². The lowest BCUT2D eigenvalue weighted by molar-refractivity contribution is 0.0933. The number of rotatable bonds is 13. The first-order chi connectivity index (χ1) is 16.1. The van der Waals surface area contributed by atoms with Gasteiger partial charge in [0, 0.05) is 24.0 Å². The number of anilines is 1. The second-order valence-corrected chi connectivity index (χ2v) is 10.2. The molecule has 1 amide bonds. The number of piperidine rings is 1. The van der Waals surface area contributed by atoms with E-state index in [9.17, 15) is 4.79 Å². The molecule has 1 fully saturated rings. The van der Waals surface area contributed by atoms with E-state index in [0.717, 1.165) is 39.0 Å². The second kappa shape index (κ2) is 13.8. The zero-order valence-corrected chi connectivity index (χ0v) is 21.1. The molecule has 1 aromatic carbocycles. The van der Waals surface area contributed by atoms with E-state index >= 15 is 0 Å². The summed E-state index contributed by atoms with van der Waals surface area (Å²) in [5, 5.41) is 9.07. The first-order valence-electron chi connectivity index (χ1n) is 11.9. The molecule has 1 aliphatic heterocycles. The van der Waals surface area contributed by atoms with Crippen molar-refractivity contribution >= 4 is 34.5 Å². The van der Waals surface area contributed by atoms with Gasteiger partial charge in [-0.05, 0) is 75.3 Å². The highest BCUT2D eigenvalue weighted by molar-refractivity contribution is 7.09. The summed E-state index contributed by atoms with van der Waals surface area (Å²) in [5.41, 5.74) is 6.64. The number of nitrogen functional groups attached to an aromatic ring is 1. The van der Waals surface area contributed by atoms with Crippen LogP contribution in [0.5, 0.6) is 5.75 Å². The molecule has 8 heteroatoms. The van der Waals surface area contributed by atoms with E-state index in [1.54, 1.807) is 12.1 Å². The maximum atomic E-state index is 12.6. The van der Waals surface area contributed by atoms with Gasteiger partial charge >= 0.3 is 0 Å². The maximum Gasteiger partial charge on any atom is 0.255 e. The van der Waals surface area contributed by atoms with Crippen LogP contribution in [0.1, 0.15) is 53.8 Å². The highest BCUT2D eigenvalue weighted by atomic mass is 35.5. The van der Waals surface area contributed by atoms with Gasteiger partial charge in [-0.3, -0.25) is 4.79 Å². The first-order valence-corrected chi connectivity index (χ1v) is 13.2. The number of nitrogens with one attached hydrogen (secondary N) is 2. The largest absolute Gasteiger partial charge is 0.496 e. The predicted molar refractivity (Wildman–Crippen MR) is 138 cm³/mol. The molecular weight excluding hydrogens is 456 g/mol. The van der Waals surface area contributed by atoms with E-state index in [0.29, 0.717) is 34.5 Å². The number of halogens is 1. The smallest absolute Gasteiger partial charge is 0.255 e. The predicted octanol–water partition coefficient (Wildman–Crippen LogP) is 4.78. The Hall–Kier alpha value is -1.80. The molecule has 1 aliphatic rings. The molecule has 1 saturated heterocycles. The number of amides is 1. The van der Waals surface area contributed by atoms with Crippen molar-refractivity contribution in [3.63, 3.8) is 0 Å². The summed E-state index contributed by atoms with van der Waals surface area (Å²) in [6.45, 7) is 6.18. The Labute approximate surface area is 206 Å². The minimum Gasteiger partial charge on any atom is -0.496 e. The fourth-order valence-electron chi connectivity index (χ4n) is 4.23. The molecule has 3 rings (SSSR count). The van der Waals surface area contributed by atoms with Crippen LogP contribution >= 0.6 is 22.9 Å². The van der Waals surface area contributed by atoms with Gasteiger partial charge in [0.15, 0.2) is 0 Å². The highest BCUT2D eigenvalue weighted by Gasteiger charge is 2.21. The number of benzene rings is 1. The third kappa shape index (κ3) is 8.49. The van der Waals surface area contributed by atoms with Gasteiger partial charge in [-0.15, -0.1) is 11.3 Å². The molecule has 0 aliphatic carbocycles. The Morgan fingerprint density at radius 3 is 2.76 bits per heavy atom. The molecule has 0 radical (unpaired) electrons. The van der Waals surface area contributed by atoms with Crippen molar-refractivity contribution < 1.29 is 9.53 Å². The maximum absolute atomic E-state index is 12.6. The Balaban J connectivity index is 1.24. The molecule has 2 aromatic rings. The molecule has 6 nitrogen and oxygen atoms in total. The quantitative estimate of drug-likeness (QED) is 0.277. The summed E-state index contributed by atoms with van der Waals surface area (Å²) >= 11 is 7.90. The van der Waals surface area contributed by atoms with Gasteiger partial charge in [0.1, 0.15) is 5.75 Å². The molecule has 1 aromatic heterocycles. The number of thiophene rings is 1. The van der Waals surface area contributed by atoms with Gasteiger partial charge in [-0.2, -0.15) is 0 Å². The van der Waals surface area contributed by atoms with Gasteiger partial charge in [0.2, 0.25) is 0 Å². The molecule has 4 N–H and O–H groups in total. The van der Waals surface area contributed by atoms with Crippen LogP contribution in [0.2, 0.25) is 5.02 Å². The zero-order chi connectivity index (χ0) is 23.5. The van der Waals surface area contributed by atoms with Crippen molar-refractivity contribution in [3.8, 4) is 5.75 Å². The molecule has 33 heavy (non-hydrogen) atoms. The Morgan fingerprint density at radius 1 is 1.24 bits per heavy atom. The molecule has 0 saturated carbocycles. The fraction of sp³-hybridized carbons (Fsp3) is 0.560. The molecule has 0 atom stereocenters. The normalized spacial score (nSPS) is 15.0. The molecular formula is C25H37ClN4O2S. The summed E-state index contributed by atoms with van der Waals surface area (Å²) in [5.74, 6) is 0.790. The lowest BCUT2D eigenvalue weighted by Crippen LogP contribution is -2.39. The molecule has 0 bridgehead atoms. The van der Waals surface area contributed by atoms with E-state index in [1.807, 2.05) is 11.3 Å². The van der Waals surface area contributed by atoms with E-state index in [4.69, 9.17) is 22.1 Å². The van der Waals surface area contributed by atoms with Crippen LogP contribution in [0.15, 0.2) is 29.6 Å². The number of likely N-dealkylation sites (tertiary alicyclic amines) is 1. The zero-order valence-electron chi connectivity index (χ0n) is 19.6. The summed E-state index contributed by atoms with van der Waals surface area (Å²) < 4.78 is 5.29. The Bertz CT molecular complexity index is 854. The highest BCUT2D eigenvalue weighted by Crippen LogP contribution is 2.29. The number of hydrogen-bond donors (Lipinski definition) is 3. The molecule has 2 heterocycles. The van der Waals surface area contributed by atoms with Gasteiger partial charge in [0.05, 0.1) is 23.4 Å². The van der Waals surface area contributed by atoms with Gasteiger partial charge < -0.3 is 26.0 Å². The van der Waals surface area contributed by atoms with E-state index in [2.05, 4.69) is 33.0 Å². The van der Waals surface area contributed by atoms with Crippen LogP contribution in [0.3, 0.4) is 0 Å². The summed E-state index contributed by atoms with van der Waals surface area (Å²) in [4.78, 5) is 16.6. The van der Waals surface area contributed by atoms with E-state index in [1.165, 1.54) is 44.2 Å². The molecule has 0 spiro atoms. The third-order valence-corrected chi connectivity index (χ3v) is 7.48. The number of carbonyl (C=O) groups is 1. The van der Waals surface area contributed by atoms with E-state index < -0.39 is 0 Å². The lowest BCUT2D eigenvalue weighted by atomic mass is 9.96. The number of methoxy groups -OCH3 is 1. The van der Waals surface area contributed by atoms with Crippen LogP contribution in [-0.4, -0.2) is 50.6 Å². The minimum atomic E-state index is -0.166. The van der Waals surface area contributed by atoms with Crippen LogP contribution in [0.25, 0.3) is 0 Å². The van der Waals surface area contributed by atoms with Gasteiger partial charge in [0.25, 0.3) is 5.91 Å². The minimum absolute atomic E-state index is 0.166. The SMILES string of the molecule is COc1cc(N)c(Cl)cc1C(=O)NCC1CCN(CCCCCCNCc2cccs2)CC1. The lowest BCUT2D eigenvalue weighted by Gasteiger charge is -2.32. The molecule has 0 unspecified atom stereocenters. The van der Waals surface area contributed by atoms with E-state index in [-0.39, 0.29) is 5.91 Å². The van der Waals surface area contributed by atoms with Crippen molar-refractivity contribution in [1.29, 1.82) is 0 Å². The summed E-state index contributed by atoms with van der Waals surface area (Å²) in [6, 6.07) is 7.46. The van der Waals surface area contributed by atoms with Crippen LogP contribution in [0.4, 0.5) is 5.69 Å². The first kappa shape index (κ1) is 25.8. The van der Waals surface area contributed by atoms with Crippen LogP contribution in [0, 0.1) is 5.92 Å². The number of nitrogens with zero attached hydrogens (tertiary/aromatic N) is 1. The van der Waals surface area contributed by atoms with Crippen molar-refractivity contribution in [2.24, 2.45) is 5.92 Å². The van der Waals surface area contributed by atoms with Crippen molar-refractivity contribution in [3.05, 3.63) is 45.1 Å².